The van der Waals surface area contributed by atoms with Crippen LogP contribution in [-0.2, 0) is 6.54 Å². The summed E-state index contributed by atoms with van der Waals surface area (Å²) < 4.78 is 1.84. The van der Waals surface area contributed by atoms with Crippen molar-refractivity contribution in [3.8, 4) is 0 Å². The van der Waals surface area contributed by atoms with Crippen molar-refractivity contribution in [2.75, 3.05) is 5.88 Å². The summed E-state index contributed by atoms with van der Waals surface area (Å²) in [6, 6.07) is 0. The topological polar surface area (TPSA) is 37.8 Å². The third kappa shape index (κ3) is 3.27. The Bertz CT molecular complexity index is 303. The van der Waals surface area contributed by atoms with E-state index in [4.69, 9.17) is 11.6 Å². The second-order valence-electron chi connectivity index (χ2n) is 3.20. The fourth-order valence-corrected chi connectivity index (χ4v) is 1.41. The maximum absolute atomic E-state index is 11.0. The minimum atomic E-state index is 0.0114. The molecule has 1 aromatic rings. The molecule has 13 heavy (non-hydrogen) atoms. The molecule has 0 spiro atoms. The lowest BCUT2D eigenvalue weighted by atomic mass is 10.2. The largest absolute Gasteiger partial charge is 0.292 e. The van der Waals surface area contributed by atoms with Crippen molar-refractivity contribution in [2.24, 2.45) is 0 Å². The number of nitrogens with zero attached hydrogens (tertiary/aromatic N) is 1. The van der Waals surface area contributed by atoms with Crippen LogP contribution in [0.4, 0.5) is 0 Å². The molecule has 3 nitrogen and oxygen atoms in total. The molecule has 4 heteroatoms. The zero-order chi connectivity index (χ0) is 9.68. The number of rotatable bonds is 5. The first-order valence-corrected chi connectivity index (χ1v) is 5.09. The predicted octanol–water partition coefficient (Wildman–Crippen LogP) is 1.89. The van der Waals surface area contributed by atoms with E-state index in [1.807, 2.05) is 17.8 Å². The Morgan fingerprint density at radius 3 is 2.77 bits per heavy atom. The summed E-state index contributed by atoms with van der Waals surface area (Å²) in [5, 5.41) is 2.75. The zero-order valence-corrected chi connectivity index (χ0v) is 8.60. The fourth-order valence-electron chi connectivity index (χ4n) is 1.22. The third-order valence-corrected chi connectivity index (χ3v) is 2.25. The van der Waals surface area contributed by atoms with E-state index in [0.717, 1.165) is 37.3 Å². The standard InChI is InChI=1S/C9H15ClN2O/c1-8-7-12(11-9(8)13)6-4-2-3-5-10/h7H,2-6H2,1H3,(H,11,13). The Morgan fingerprint density at radius 1 is 1.46 bits per heavy atom. The van der Waals surface area contributed by atoms with Crippen LogP contribution in [0.2, 0.25) is 0 Å². The minimum Gasteiger partial charge on any atom is -0.292 e. The van der Waals surface area contributed by atoms with Crippen molar-refractivity contribution < 1.29 is 0 Å². The van der Waals surface area contributed by atoms with E-state index in [1.165, 1.54) is 0 Å². The highest BCUT2D eigenvalue weighted by atomic mass is 35.5. The van der Waals surface area contributed by atoms with Gasteiger partial charge in [0.1, 0.15) is 0 Å². The average Bonchev–Trinajstić information content (AvgIpc) is 2.41. The van der Waals surface area contributed by atoms with Gasteiger partial charge in [0.05, 0.1) is 0 Å². The van der Waals surface area contributed by atoms with Gasteiger partial charge >= 0.3 is 0 Å². The summed E-state index contributed by atoms with van der Waals surface area (Å²) >= 11 is 5.55. The van der Waals surface area contributed by atoms with E-state index >= 15 is 0 Å². The number of unbranched alkanes of at least 4 members (excludes halogenated alkanes) is 2. The van der Waals surface area contributed by atoms with Crippen LogP contribution in [-0.4, -0.2) is 15.7 Å². The van der Waals surface area contributed by atoms with Gasteiger partial charge in [0.25, 0.3) is 5.56 Å². The van der Waals surface area contributed by atoms with E-state index in [9.17, 15) is 4.79 Å². The molecule has 1 rings (SSSR count). The van der Waals surface area contributed by atoms with Gasteiger partial charge in [-0.3, -0.25) is 14.6 Å². The second kappa shape index (κ2) is 5.12. The summed E-state index contributed by atoms with van der Waals surface area (Å²) in [6.45, 7) is 2.69. The smallest absolute Gasteiger partial charge is 0.266 e. The number of H-pyrrole nitrogens is 1. The number of hydrogen-bond donors (Lipinski definition) is 1. The van der Waals surface area contributed by atoms with Crippen LogP contribution in [0.5, 0.6) is 0 Å². The van der Waals surface area contributed by atoms with Crippen LogP contribution in [0.25, 0.3) is 0 Å². The van der Waals surface area contributed by atoms with Crippen molar-refractivity contribution in [2.45, 2.75) is 32.7 Å². The van der Waals surface area contributed by atoms with E-state index < -0.39 is 0 Å². The summed E-state index contributed by atoms with van der Waals surface area (Å²) in [4.78, 5) is 11.0. The molecule has 1 aromatic heterocycles. The number of aryl methyl sites for hydroxylation is 2. The molecule has 0 aliphatic rings. The van der Waals surface area contributed by atoms with Crippen molar-refractivity contribution in [3.63, 3.8) is 0 Å². The quantitative estimate of drug-likeness (QED) is 0.575. The summed E-state index contributed by atoms with van der Waals surface area (Å²) in [5.74, 6) is 0.723. The number of alkyl halides is 1. The van der Waals surface area contributed by atoms with Crippen molar-refractivity contribution in [1.82, 2.24) is 9.78 Å². The molecule has 0 unspecified atom stereocenters. The van der Waals surface area contributed by atoms with Crippen molar-refractivity contribution in [1.29, 1.82) is 0 Å². The van der Waals surface area contributed by atoms with Gasteiger partial charge in [-0.15, -0.1) is 11.6 Å². The Hall–Kier alpha value is -0.700. The summed E-state index contributed by atoms with van der Waals surface area (Å²) in [5.41, 5.74) is 0.787. The summed E-state index contributed by atoms with van der Waals surface area (Å²) in [7, 11) is 0. The molecule has 1 heterocycles. The molecule has 0 bridgehead atoms. The molecule has 74 valence electrons. The van der Waals surface area contributed by atoms with Gasteiger partial charge in [-0.1, -0.05) is 6.42 Å². The lowest BCUT2D eigenvalue weighted by Crippen LogP contribution is -2.06. The normalized spacial score (nSPS) is 10.6. The van der Waals surface area contributed by atoms with Gasteiger partial charge in [-0.25, -0.2) is 0 Å². The first-order valence-electron chi connectivity index (χ1n) is 4.56. The number of hydrogen-bond acceptors (Lipinski definition) is 1. The number of nitrogens with one attached hydrogen (secondary N) is 1. The Balaban J connectivity index is 2.33. The van der Waals surface area contributed by atoms with Gasteiger partial charge in [-0.05, 0) is 19.8 Å². The first-order chi connectivity index (χ1) is 6.24. The van der Waals surface area contributed by atoms with Gasteiger partial charge in [0.15, 0.2) is 0 Å². The van der Waals surface area contributed by atoms with Gasteiger partial charge in [-0.2, -0.15) is 0 Å². The van der Waals surface area contributed by atoms with Gasteiger partial charge < -0.3 is 0 Å². The molecule has 0 amide bonds. The fraction of sp³-hybridized carbons (Fsp3) is 0.667. The van der Waals surface area contributed by atoms with Crippen molar-refractivity contribution >= 4 is 11.6 Å². The van der Waals surface area contributed by atoms with Gasteiger partial charge in [0, 0.05) is 24.2 Å². The lowest BCUT2D eigenvalue weighted by Gasteiger charge is -2.00. The molecule has 0 saturated heterocycles. The second-order valence-corrected chi connectivity index (χ2v) is 3.57. The van der Waals surface area contributed by atoms with Gasteiger partial charge in [0.2, 0.25) is 0 Å². The van der Waals surface area contributed by atoms with Crippen LogP contribution >= 0.6 is 11.6 Å². The molecule has 0 fully saturated rings. The monoisotopic (exact) mass is 202 g/mol. The zero-order valence-electron chi connectivity index (χ0n) is 7.85. The molecule has 0 atom stereocenters. The molecule has 1 N–H and O–H groups in total. The first kappa shape index (κ1) is 10.4. The van der Waals surface area contributed by atoms with Crippen LogP contribution < -0.4 is 5.56 Å². The maximum atomic E-state index is 11.0. The van der Waals surface area contributed by atoms with E-state index in [2.05, 4.69) is 5.10 Å². The molecule has 0 aromatic carbocycles. The maximum Gasteiger partial charge on any atom is 0.266 e. The SMILES string of the molecule is Cc1cn(CCCCCCl)[nH]c1=O. The highest BCUT2D eigenvalue weighted by Gasteiger charge is 1.97. The average molecular weight is 203 g/mol. The Kier molecular flexibility index (Phi) is 4.09. The van der Waals surface area contributed by atoms with E-state index in [-0.39, 0.29) is 5.56 Å². The Morgan fingerprint density at radius 2 is 2.23 bits per heavy atom. The predicted molar refractivity (Wildman–Crippen MR) is 54.4 cm³/mol. The Labute approximate surface area is 82.7 Å². The highest BCUT2D eigenvalue weighted by molar-refractivity contribution is 6.17. The molecule has 0 aliphatic carbocycles. The molecule has 0 aliphatic heterocycles. The number of aromatic nitrogens is 2. The number of aromatic amines is 1. The third-order valence-electron chi connectivity index (χ3n) is 1.99. The summed E-state index contributed by atoms with van der Waals surface area (Å²) in [6.07, 6.45) is 5.08. The van der Waals surface area contributed by atoms with Crippen LogP contribution in [0, 0.1) is 6.92 Å². The lowest BCUT2D eigenvalue weighted by molar-refractivity contribution is 0.551. The van der Waals surface area contributed by atoms with Crippen LogP contribution in [0.15, 0.2) is 11.0 Å². The number of halogens is 1. The molecule has 0 saturated carbocycles. The van der Waals surface area contributed by atoms with Crippen molar-refractivity contribution in [3.05, 3.63) is 22.1 Å². The minimum absolute atomic E-state index is 0.0114. The molecular weight excluding hydrogens is 188 g/mol. The van der Waals surface area contributed by atoms with Crippen LogP contribution in [0.3, 0.4) is 0 Å². The molecular formula is C9H15ClN2O. The molecule has 0 radical (unpaired) electrons. The van der Waals surface area contributed by atoms with E-state index in [1.54, 1.807) is 0 Å². The highest BCUT2D eigenvalue weighted by Crippen LogP contribution is 1.99. The van der Waals surface area contributed by atoms with Crippen LogP contribution in [0.1, 0.15) is 24.8 Å². The van der Waals surface area contributed by atoms with E-state index in [0.29, 0.717) is 0 Å².